The second kappa shape index (κ2) is 5.07. The monoisotopic (exact) mass is 262 g/mol. The minimum Gasteiger partial charge on any atom is -0.207 e. The molecule has 0 saturated carbocycles. The van der Waals surface area contributed by atoms with Crippen molar-refractivity contribution in [3.8, 4) is 0 Å². The van der Waals surface area contributed by atoms with Crippen LogP contribution in [0.1, 0.15) is 56.1 Å². The molecule has 0 aromatic heterocycles. The van der Waals surface area contributed by atoms with Crippen molar-refractivity contribution in [2.75, 3.05) is 0 Å². The van der Waals surface area contributed by atoms with Gasteiger partial charge in [0.15, 0.2) is 0 Å². The van der Waals surface area contributed by atoms with Crippen LogP contribution in [-0.4, -0.2) is 0 Å². The van der Waals surface area contributed by atoms with Crippen LogP contribution >= 0.6 is 0 Å². The summed E-state index contributed by atoms with van der Waals surface area (Å²) >= 11 is 0. The molecule has 2 atom stereocenters. The molecule has 0 fully saturated rings. The van der Waals surface area contributed by atoms with Crippen LogP contribution in [0.15, 0.2) is 23.8 Å². The molecule has 0 spiro atoms. The number of benzene rings is 1. The Bertz CT molecular complexity index is 516. The van der Waals surface area contributed by atoms with Crippen molar-refractivity contribution in [2.24, 2.45) is 5.92 Å². The minimum absolute atomic E-state index is 0.328. The summed E-state index contributed by atoms with van der Waals surface area (Å²) in [5.41, 5.74) is 3.24. The molecule has 0 saturated heterocycles. The number of hydrogen-bond donors (Lipinski definition) is 0. The van der Waals surface area contributed by atoms with Crippen molar-refractivity contribution in [2.45, 2.75) is 51.4 Å². The predicted molar refractivity (Wildman–Crippen MR) is 73.1 cm³/mol. The van der Waals surface area contributed by atoms with Gasteiger partial charge < -0.3 is 0 Å². The average Bonchev–Trinajstić information content (AvgIpc) is 2.38. The lowest BCUT2D eigenvalue weighted by molar-refractivity contribution is 0.386. The number of halogens is 2. The molecule has 0 nitrogen and oxygen atoms in total. The highest BCUT2D eigenvalue weighted by molar-refractivity contribution is 5.37. The molecular weight excluding hydrogens is 242 g/mol. The van der Waals surface area contributed by atoms with Crippen LogP contribution in [0.5, 0.6) is 0 Å². The first-order chi connectivity index (χ1) is 9.19. The summed E-state index contributed by atoms with van der Waals surface area (Å²) in [5.74, 6) is 0.0376. The van der Waals surface area contributed by atoms with E-state index in [9.17, 15) is 8.78 Å². The van der Waals surface area contributed by atoms with Gasteiger partial charge in [0.2, 0.25) is 0 Å². The maximum absolute atomic E-state index is 13.8. The van der Waals surface area contributed by atoms with Crippen LogP contribution in [0.2, 0.25) is 0 Å². The molecule has 2 aliphatic carbocycles. The first-order valence-electron chi connectivity index (χ1n) is 7.36. The van der Waals surface area contributed by atoms with Crippen LogP contribution in [0.25, 0.3) is 0 Å². The standard InChI is InChI=1S/C17H20F2/c1-2-3-11-4-6-14-12(8-11)5-7-15-16(14)9-13(18)10-17(15)19/h8-10,12,14H,2-7H2,1H3. The third-order valence-corrected chi connectivity index (χ3v) is 4.64. The van der Waals surface area contributed by atoms with Crippen LogP contribution in [-0.2, 0) is 6.42 Å². The zero-order valence-corrected chi connectivity index (χ0v) is 11.4. The van der Waals surface area contributed by atoms with Gasteiger partial charge in [0.25, 0.3) is 0 Å². The quantitative estimate of drug-likeness (QED) is 0.648. The van der Waals surface area contributed by atoms with Crippen molar-refractivity contribution in [3.63, 3.8) is 0 Å². The van der Waals surface area contributed by atoms with Crippen molar-refractivity contribution < 1.29 is 8.78 Å². The van der Waals surface area contributed by atoms with Gasteiger partial charge in [-0.25, -0.2) is 8.78 Å². The Labute approximate surface area is 113 Å². The van der Waals surface area contributed by atoms with Crippen LogP contribution in [0, 0.1) is 17.6 Å². The van der Waals surface area contributed by atoms with Crippen molar-refractivity contribution in [1.29, 1.82) is 0 Å². The molecule has 0 heterocycles. The maximum atomic E-state index is 13.8. The van der Waals surface area contributed by atoms with Crippen LogP contribution in [0.4, 0.5) is 8.78 Å². The lowest BCUT2D eigenvalue weighted by Gasteiger charge is -2.36. The molecule has 2 aliphatic rings. The summed E-state index contributed by atoms with van der Waals surface area (Å²) in [6.45, 7) is 2.20. The fourth-order valence-corrected chi connectivity index (χ4v) is 3.79. The van der Waals surface area contributed by atoms with Gasteiger partial charge in [0.1, 0.15) is 11.6 Å². The summed E-state index contributed by atoms with van der Waals surface area (Å²) in [6, 6.07) is 2.59. The van der Waals surface area contributed by atoms with Gasteiger partial charge >= 0.3 is 0 Å². The van der Waals surface area contributed by atoms with E-state index < -0.39 is 5.82 Å². The molecule has 19 heavy (non-hydrogen) atoms. The van der Waals surface area contributed by atoms with Crippen LogP contribution < -0.4 is 0 Å². The molecule has 0 aliphatic heterocycles. The van der Waals surface area contributed by atoms with E-state index in [1.165, 1.54) is 12.8 Å². The highest BCUT2D eigenvalue weighted by Crippen LogP contribution is 2.45. The number of fused-ring (bicyclic) bond motifs is 3. The number of rotatable bonds is 2. The Morgan fingerprint density at radius 3 is 2.79 bits per heavy atom. The van der Waals surface area contributed by atoms with E-state index in [0.717, 1.165) is 42.9 Å². The molecule has 3 rings (SSSR count). The largest absolute Gasteiger partial charge is 0.207 e. The maximum Gasteiger partial charge on any atom is 0.129 e. The highest BCUT2D eigenvalue weighted by Gasteiger charge is 2.32. The Morgan fingerprint density at radius 1 is 1.16 bits per heavy atom. The smallest absolute Gasteiger partial charge is 0.129 e. The fraction of sp³-hybridized carbons (Fsp3) is 0.529. The molecule has 102 valence electrons. The molecule has 1 aromatic rings. The second-order valence-corrected chi connectivity index (χ2v) is 5.88. The highest BCUT2D eigenvalue weighted by atomic mass is 19.1. The average molecular weight is 262 g/mol. The first kappa shape index (κ1) is 12.8. The summed E-state index contributed by atoms with van der Waals surface area (Å²) < 4.78 is 27.3. The lowest BCUT2D eigenvalue weighted by Crippen LogP contribution is -2.24. The predicted octanol–water partition coefficient (Wildman–Crippen LogP) is 5.13. The molecular formula is C17H20F2. The fourth-order valence-electron chi connectivity index (χ4n) is 3.79. The normalized spacial score (nSPS) is 25.5. The summed E-state index contributed by atoms with van der Waals surface area (Å²) in [5, 5.41) is 0. The topological polar surface area (TPSA) is 0 Å². The summed E-state index contributed by atoms with van der Waals surface area (Å²) in [4.78, 5) is 0. The van der Waals surface area contributed by atoms with E-state index in [1.807, 2.05) is 0 Å². The zero-order chi connectivity index (χ0) is 13.4. The molecule has 0 radical (unpaired) electrons. The molecule has 0 bridgehead atoms. The van der Waals surface area contributed by atoms with E-state index in [4.69, 9.17) is 0 Å². The second-order valence-electron chi connectivity index (χ2n) is 5.88. The van der Waals surface area contributed by atoms with Gasteiger partial charge in [-0.3, -0.25) is 0 Å². The molecule has 2 unspecified atom stereocenters. The molecule has 2 heteroatoms. The number of allylic oxidation sites excluding steroid dienone is 2. The molecule has 1 aromatic carbocycles. The Morgan fingerprint density at radius 2 is 2.00 bits per heavy atom. The third-order valence-electron chi connectivity index (χ3n) is 4.64. The van der Waals surface area contributed by atoms with Gasteiger partial charge in [-0.1, -0.05) is 25.0 Å². The van der Waals surface area contributed by atoms with E-state index >= 15 is 0 Å². The van der Waals surface area contributed by atoms with Gasteiger partial charge in [-0.05, 0) is 61.1 Å². The van der Waals surface area contributed by atoms with Crippen LogP contribution in [0.3, 0.4) is 0 Å². The number of hydrogen-bond acceptors (Lipinski definition) is 0. The van der Waals surface area contributed by atoms with Crippen molar-refractivity contribution in [1.82, 2.24) is 0 Å². The minimum atomic E-state index is -0.430. The van der Waals surface area contributed by atoms with Gasteiger partial charge in [0.05, 0.1) is 0 Å². The Hall–Kier alpha value is -1.18. The van der Waals surface area contributed by atoms with E-state index in [0.29, 0.717) is 11.8 Å². The SMILES string of the molecule is CCCC1=CC2CCc3c(F)cc(F)cc3C2CC1. The third kappa shape index (κ3) is 2.33. The van der Waals surface area contributed by atoms with E-state index in [-0.39, 0.29) is 5.82 Å². The summed E-state index contributed by atoms with van der Waals surface area (Å²) in [6.07, 6.45) is 8.64. The van der Waals surface area contributed by atoms with Gasteiger partial charge in [-0.2, -0.15) is 0 Å². The van der Waals surface area contributed by atoms with E-state index in [1.54, 1.807) is 11.6 Å². The van der Waals surface area contributed by atoms with E-state index in [2.05, 4.69) is 13.0 Å². The lowest BCUT2D eigenvalue weighted by atomic mass is 9.69. The first-order valence-corrected chi connectivity index (χ1v) is 7.36. The molecule has 0 amide bonds. The van der Waals surface area contributed by atoms with Gasteiger partial charge in [-0.15, -0.1) is 0 Å². The van der Waals surface area contributed by atoms with Gasteiger partial charge in [0, 0.05) is 6.07 Å². The zero-order valence-electron chi connectivity index (χ0n) is 11.4. The summed E-state index contributed by atoms with van der Waals surface area (Å²) in [7, 11) is 0. The Balaban J connectivity index is 1.95. The van der Waals surface area contributed by atoms with Crippen molar-refractivity contribution >= 4 is 0 Å². The Kier molecular flexibility index (Phi) is 3.42. The molecule has 0 N–H and O–H groups in total. The van der Waals surface area contributed by atoms with Crippen molar-refractivity contribution in [3.05, 3.63) is 46.5 Å².